The summed E-state index contributed by atoms with van der Waals surface area (Å²) in [5.74, 6) is 0.238. The van der Waals surface area contributed by atoms with Crippen LogP contribution in [0.2, 0.25) is 5.02 Å². The van der Waals surface area contributed by atoms with Crippen molar-refractivity contribution < 1.29 is 13.2 Å². The predicted octanol–water partition coefficient (Wildman–Crippen LogP) is 4.70. The van der Waals surface area contributed by atoms with E-state index < -0.39 is 16.1 Å². The molecule has 168 valence electrons. The fraction of sp³-hybridized carbons (Fsp3) is 0.545. The van der Waals surface area contributed by atoms with Gasteiger partial charge in [-0.05, 0) is 56.4 Å². The summed E-state index contributed by atoms with van der Waals surface area (Å²) in [6.07, 6.45) is 9.95. The van der Waals surface area contributed by atoms with Crippen molar-refractivity contribution in [2.75, 3.05) is 6.54 Å². The highest BCUT2D eigenvalue weighted by Crippen LogP contribution is 2.36. The van der Waals surface area contributed by atoms with Gasteiger partial charge >= 0.3 is 0 Å². The van der Waals surface area contributed by atoms with Crippen LogP contribution in [0.25, 0.3) is 0 Å². The number of hydrogen-bond donors (Lipinski definition) is 1. The third-order valence-corrected chi connectivity index (χ3v) is 9.38. The number of carbonyl (C=O) groups excluding carboxylic acids is 1. The molecular formula is C22H28ClN3O3S2. The molecule has 31 heavy (non-hydrogen) atoms. The van der Waals surface area contributed by atoms with Crippen LogP contribution in [-0.4, -0.2) is 36.2 Å². The Morgan fingerprint density at radius 1 is 1.06 bits per heavy atom. The monoisotopic (exact) mass is 481 g/mol. The maximum Gasteiger partial charge on any atom is 0.244 e. The number of halogens is 1. The number of aromatic nitrogens is 1. The third-order valence-electron chi connectivity index (χ3n) is 6.11. The van der Waals surface area contributed by atoms with E-state index in [4.69, 9.17) is 11.6 Å². The van der Waals surface area contributed by atoms with Crippen molar-refractivity contribution in [1.29, 1.82) is 0 Å². The van der Waals surface area contributed by atoms with Gasteiger partial charge < -0.3 is 5.32 Å². The molecule has 2 aliphatic rings. The largest absolute Gasteiger partial charge is 0.355 e. The molecule has 4 rings (SSSR count). The minimum Gasteiger partial charge on any atom is -0.355 e. The first-order valence-electron chi connectivity index (χ1n) is 10.9. The maximum atomic E-state index is 13.6. The first-order valence-corrected chi connectivity index (χ1v) is 13.6. The highest BCUT2D eigenvalue weighted by atomic mass is 35.5. The number of sulfonamides is 1. The van der Waals surface area contributed by atoms with Gasteiger partial charge in [0.2, 0.25) is 15.9 Å². The normalized spacial score (nSPS) is 21.1. The van der Waals surface area contributed by atoms with Gasteiger partial charge in [-0.15, -0.1) is 11.3 Å². The van der Waals surface area contributed by atoms with E-state index in [1.54, 1.807) is 29.7 Å². The third kappa shape index (κ3) is 5.30. The molecule has 1 amide bonds. The molecule has 1 aromatic carbocycles. The molecule has 1 aromatic heterocycles. The summed E-state index contributed by atoms with van der Waals surface area (Å²) in [6.45, 7) is 0.726. The van der Waals surface area contributed by atoms with E-state index in [1.807, 2.05) is 0 Å². The summed E-state index contributed by atoms with van der Waals surface area (Å²) in [5.41, 5.74) is 0. The van der Waals surface area contributed by atoms with Crippen LogP contribution < -0.4 is 5.32 Å². The smallest absolute Gasteiger partial charge is 0.244 e. The Labute approximate surface area is 193 Å². The fourth-order valence-electron chi connectivity index (χ4n) is 4.39. The summed E-state index contributed by atoms with van der Waals surface area (Å²) in [6, 6.07) is 5.39. The maximum absolute atomic E-state index is 13.6. The first kappa shape index (κ1) is 22.7. The zero-order valence-electron chi connectivity index (χ0n) is 17.4. The fourth-order valence-corrected chi connectivity index (χ4v) is 7.28. The standard InChI is InChI=1S/C22H28ClN3O3S2/c23-17-9-11-19(12-10-17)31(28,29)26(20-8-4-5-13-24-21(20)27)15-18-14-25-22(30-18)16-6-2-1-3-7-16/h9-12,14,16,20H,1-8,13,15H2,(H,24,27). The Balaban J connectivity index is 1.64. The van der Waals surface area contributed by atoms with Crippen molar-refractivity contribution in [3.05, 3.63) is 45.4 Å². The van der Waals surface area contributed by atoms with E-state index in [9.17, 15) is 13.2 Å². The number of rotatable bonds is 6. The van der Waals surface area contributed by atoms with Gasteiger partial charge in [-0.25, -0.2) is 13.4 Å². The lowest BCUT2D eigenvalue weighted by Crippen LogP contribution is -2.48. The number of nitrogens with one attached hydrogen (secondary N) is 1. The molecule has 1 unspecified atom stereocenters. The molecule has 0 bridgehead atoms. The highest BCUT2D eigenvalue weighted by Gasteiger charge is 2.37. The summed E-state index contributed by atoms with van der Waals surface area (Å²) >= 11 is 7.54. The first-order chi connectivity index (χ1) is 14.9. The van der Waals surface area contributed by atoms with Crippen LogP contribution in [0.1, 0.15) is 67.2 Å². The molecule has 2 aromatic rings. The van der Waals surface area contributed by atoms with E-state index in [0.717, 1.165) is 35.6 Å². The van der Waals surface area contributed by atoms with Crippen LogP contribution in [0.4, 0.5) is 0 Å². The average Bonchev–Trinajstić information content (AvgIpc) is 3.14. The number of nitrogens with zero attached hydrogens (tertiary/aromatic N) is 2. The lowest BCUT2D eigenvalue weighted by Gasteiger charge is -2.28. The van der Waals surface area contributed by atoms with Gasteiger partial charge in [-0.1, -0.05) is 30.9 Å². The minimum atomic E-state index is -3.89. The molecule has 1 atom stereocenters. The van der Waals surface area contributed by atoms with Crippen LogP contribution >= 0.6 is 22.9 Å². The SMILES string of the molecule is O=C1NCCCCC1N(Cc1cnc(C2CCCCC2)s1)S(=O)(=O)c1ccc(Cl)cc1. The molecule has 1 aliphatic heterocycles. The molecule has 0 radical (unpaired) electrons. The number of thiazole rings is 1. The van der Waals surface area contributed by atoms with Crippen LogP contribution in [0.5, 0.6) is 0 Å². The molecule has 1 aliphatic carbocycles. The molecule has 6 nitrogen and oxygen atoms in total. The van der Waals surface area contributed by atoms with Gasteiger partial charge in [0.15, 0.2) is 0 Å². The van der Waals surface area contributed by atoms with E-state index >= 15 is 0 Å². The zero-order valence-corrected chi connectivity index (χ0v) is 19.8. The number of benzene rings is 1. The molecule has 1 N–H and O–H groups in total. The van der Waals surface area contributed by atoms with Gasteiger partial charge in [-0.2, -0.15) is 4.31 Å². The molecular weight excluding hydrogens is 454 g/mol. The van der Waals surface area contributed by atoms with Crippen molar-refractivity contribution in [2.45, 2.75) is 74.8 Å². The molecule has 2 fully saturated rings. The number of amides is 1. The van der Waals surface area contributed by atoms with Crippen molar-refractivity contribution in [2.24, 2.45) is 0 Å². The van der Waals surface area contributed by atoms with Crippen LogP contribution in [0.3, 0.4) is 0 Å². The van der Waals surface area contributed by atoms with Crippen LogP contribution in [0, 0.1) is 0 Å². The van der Waals surface area contributed by atoms with Crippen LogP contribution in [0.15, 0.2) is 35.4 Å². The molecule has 1 saturated carbocycles. The summed E-state index contributed by atoms with van der Waals surface area (Å²) in [5, 5.41) is 4.43. The minimum absolute atomic E-state index is 0.144. The Hall–Kier alpha value is -1.48. The van der Waals surface area contributed by atoms with E-state index in [-0.39, 0.29) is 17.3 Å². The number of carbonyl (C=O) groups is 1. The second kappa shape index (κ2) is 9.98. The lowest BCUT2D eigenvalue weighted by molar-refractivity contribution is -0.124. The van der Waals surface area contributed by atoms with Crippen molar-refractivity contribution in [1.82, 2.24) is 14.6 Å². The predicted molar refractivity (Wildman–Crippen MR) is 123 cm³/mol. The van der Waals surface area contributed by atoms with Gasteiger partial charge in [0, 0.05) is 28.6 Å². The van der Waals surface area contributed by atoms with E-state index in [0.29, 0.717) is 23.9 Å². The van der Waals surface area contributed by atoms with Gasteiger partial charge in [0.05, 0.1) is 16.4 Å². The van der Waals surface area contributed by atoms with Crippen LogP contribution in [-0.2, 0) is 21.4 Å². The molecule has 0 spiro atoms. The van der Waals surface area contributed by atoms with Gasteiger partial charge in [0.1, 0.15) is 6.04 Å². The van der Waals surface area contributed by atoms with E-state index in [2.05, 4.69) is 10.3 Å². The van der Waals surface area contributed by atoms with Gasteiger partial charge in [-0.3, -0.25) is 4.79 Å². The van der Waals surface area contributed by atoms with E-state index in [1.165, 1.54) is 35.7 Å². The lowest BCUT2D eigenvalue weighted by atomic mass is 9.90. The molecule has 2 heterocycles. The quantitative estimate of drug-likeness (QED) is 0.648. The second-order valence-corrected chi connectivity index (χ2v) is 11.8. The Morgan fingerprint density at radius 3 is 2.52 bits per heavy atom. The van der Waals surface area contributed by atoms with Gasteiger partial charge in [0.25, 0.3) is 0 Å². The summed E-state index contributed by atoms with van der Waals surface area (Å²) < 4.78 is 28.6. The number of hydrogen-bond acceptors (Lipinski definition) is 5. The van der Waals surface area contributed by atoms with Crippen molar-refractivity contribution in [3.8, 4) is 0 Å². The molecule has 9 heteroatoms. The molecule has 1 saturated heterocycles. The summed E-state index contributed by atoms with van der Waals surface area (Å²) in [4.78, 5) is 18.4. The Bertz CT molecular complexity index is 1000. The van der Waals surface area contributed by atoms with Crippen molar-refractivity contribution >= 4 is 38.9 Å². The zero-order chi connectivity index (χ0) is 21.8. The Morgan fingerprint density at radius 2 is 1.77 bits per heavy atom. The highest BCUT2D eigenvalue weighted by molar-refractivity contribution is 7.89. The Kier molecular flexibility index (Phi) is 7.31. The average molecular weight is 482 g/mol. The second-order valence-electron chi connectivity index (χ2n) is 8.31. The topological polar surface area (TPSA) is 79.4 Å². The van der Waals surface area contributed by atoms with Crippen molar-refractivity contribution in [3.63, 3.8) is 0 Å². The summed E-state index contributed by atoms with van der Waals surface area (Å²) in [7, 11) is -3.89.